The summed E-state index contributed by atoms with van der Waals surface area (Å²) in [5.74, 6) is -0.0759. The Hall–Kier alpha value is -3.30. The molecule has 5 rings (SSSR count). The minimum Gasteiger partial charge on any atom is -0.351 e. The van der Waals surface area contributed by atoms with E-state index in [1.54, 1.807) is 24.4 Å². The number of imide groups is 1. The molecule has 1 saturated heterocycles. The summed E-state index contributed by atoms with van der Waals surface area (Å²) in [6, 6.07) is 13.4. The Bertz CT molecular complexity index is 1270. The van der Waals surface area contributed by atoms with Crippen LogP contribution in [0.4, 0.5) is 15.1 Å². The number of carbonyl (C=O) groups excluding carboxylic acids is 2. The average Bonchev–Trinajstić information content (AvgIpc) is 3.16. The van der Waals surface area contributed by atoms with Crippen molar-refractivity contribution in [1.29, 1.82) is 0 Å². The second kappa shape index (κ2) is 9.90. The first kappa shape index (κ1) is 22.5. The molecular formula is C25H24FN5O2S. The van der Waals surface area contributed by atoms with E-state index in [4.69, 9.17) is 0 Å². The molecule has 1 saturated carbocycles. The van der Waals surface area contributed by atoms with E-state index in [1.807, 2.05) is 30.3 Å². The van der Waals surface area contributed by atoms with E-state index < -0.39 is 5.91 Å². The second-order valence-electron chi connectivity index (χ2n) is 8.48. The third kappa shape index (κ3) is 5.10. The zero-order chi connectivity index (χ0) is 23.5. The van der Waals surface area contributed by atoms with Crippen LogP contribution in [0.5, 0.6) is 0 Å². The lowest BCUT2D eigenvalue weighted by atomic mass is 9.91. The van der Waals surface area contributed by atoms with Crippen molar-refractivity contribution >= 4 is 45.7 Å². The number of amides is 2. The number of anilines is 1. The molecule has 1 aliphatic carbocycles. The SMILES string of the molecule is O=C1NC(=O)/C(=C/c2ccnc(N[C@H]3CC[C@H](NCc4ccc(F)c5ccccc45)CC3)n2)S1. The van der Waals surface area contributed by atoms with Crippen molar-refractivity contribution < 1.29 is 14.0 Å². The third-order valence-electron chi connectivity index (χ3n) is 6.20. The highest BCUT2D eigenvalue weighted by Crippen LogP contribution is 2.26. The fourth-order valence-electron chi connectivity index (χ4n) is 4.44. The molecule has 0 bridgehead atoms. The van der Waals surface area contributed by atoms with Gasteiger partial charge in [0.25, 0.3) is 11.1 Å². The van der Waals surface area contributed by atoms with Gasteiger partial charge in [-0.15, -0.1) is 0 Å². The van der Waals surface area contributed by atoms with Crippen LogP contribution in [0.1, 0.15) is 36.9 Å². The molecule has 2 heterocycles. The Morgan fingerprint density at radius 1 is 1.03 bits per heavy atom. The summed E-state index contributed by atoms with van der Waals surface area (Å²) >= 11 is 0.870. The van der Waals surface area contributed by atoms with Crippen molar-refractivity contribution in [3.63, 3.8) is 0 Å². The fourth-order valence-corrected chi connectivity index (χ4v) is 5.10. The topological polar surface area (TPSA) is 96.0 Å². The van der Waals surface area contributed by atoms with Gasteiger partial charge in [0.15, 0.2) is 0 Å². The molecule has 34 heavy (non-hydrogen) atoms. The van der Waals surface area contributed by atoms with Gasteiger partial charge in [-0.1, -0.05) is 30.3 Å². The van der Waals surface area contributed by atoms with Crippen molar-refractivity contribution in [2.75, 3.05) is 5.32 Å². The lowest BCUT2D eigenvalue weighted by molar-refractivity contribution is -0.115. The molecule has 1 aromatic heterocycles. The van der Waals surface area contributed by atoms with E-state index in [1.165, 1.54) is 0 Å². The fraction of sp³-hybridized carbons (Fsp3) is 0.280. The van der Waals surface area contributed by atoms with Gasteiger partial charge >= 0.3 is 0 Å². The van der Waals surface area contributed by atoms with Crippen molar-refractivity contribution in [3.05, 3.63) is 70.6 Å². The van der Waals surface area contributed by atoms with E-state index in [9.17, 15) is 14.0 Å². The molecular weight excluding hydrogens is 453 g/mol. The number of rotatable bonds is 6. The number of hydrogen-bond acceptors (Lipinski definition) is 7. The molecule has 2 aliphatic rings. The van der Waals surface area contributed by atoms with Gasteiger partial charge < -0.3 is 10.6 Å². The van der Waals surface area contributed by atoms with Gasteiger partial charge in [-0.2, -0.15) is 0 Å². The lowest BCUT2D eigenvalue weighted by Crippen LogP contribution is -2.37. The van der Waals surface area contributed by atoms with Crippen LogP contribution in [0.2, 0.25) is 0 Å². The Labute approximate surface area is 200 Å². The molecule has 3 N–H and O–H groups in total. The van der Waals surface area contributed by atoms with E-state index in [0.717, 1.165) is 48.4 Å². The first-order valence-corrected chi connectivity index (χ1v) is 12.1. The molecule has 174 valence electrons. The van der Waals surface area contributed by atoms with Crippen LogP contribution in [0.15, 0.2) is 53.6 Å². The van der Waals surface area contributed by atoms with Gasteiger partial charge in [0.05, 0.1) is 10.6 Å². The molecule has 9 heteroatoms. The monoisotopic (exact) mass is 477 g/mol. The summed E-state index contributed by atoms with van der Waals surface area (Å²) in [6.45, 7) is 0.706. The van der Waals surface area contributed by atoms with Crippen molar-refractivity contribution in [2.45, 2.75) is 44.3 Å². The predicted molar refractivity (Wildman–Crippen MR) is 132 cm³/mol. The largest absolute Gasteiger partial charge is 0.351 e. The second-order valence-corrected chi connectivity index (χ2v) is 9.50. The van der Waals surface area contributed by atoms with Gasteiger partial charge in [-0.05, 0) is 66.6 Å². The molecule has 0 atom stereocenters. The summed E-state index contributed by atoms with van der Waals surface area (Å²) in [5, 5.41) is 10.5. The summed E-state index contributed by atoms with van der Waals surface area (Å²) < 4.78 is 14.1. The van der Waals surface area contributed by atoms with Crippen molar-refractivity contribution in [2.24, 2.45) is 0 Å². The Morgan fingerprint density at radius 2 is 1.79 bits per heavy atom. The zero-order valence-corrected chi connectivity index (χ0v) is 19.2. The maximum Gasteiger partial charge on any atom is 0.290 e. The lowest BCUT2D eigenvalue weighted by Gasteiger charge is -2.30. The smallest absolute Gasteiger partial charge is 0.290 e. The quantitative estimate of drug-likeness (QED) is 0.446. The van der Waals surface area contributed by atoms with Gasteiger partial charge in [0.1, 0.15) is 5.82 Å². The van der Waals surface area contributed by atoms with Gasteiger partial charge in [-0.3, -0.25) is 14.9 Å². The molecule has 0 radical (unpaired) electrons. The van der Waals surface area contributed by atoms with Crippen molar-refractivity contribution in [3.8, 4) is 0 Å². The van der Waals surface area contributed by atoms with E-state index in [2.05, 4.69) is 25.9 Å². The average molecular weight is 478 g/mol. The number of halogens is 1. The van der Waals surface area contributed by atoms with E-state index >= 15 is 0 Å². The van der Waals surface area contributed by atoms with Crippen LogP contribution < -0.4 is 16.0 Å². The minimum atomic E-state index is -0.400. The number of nitrogens with one attached hydrogen (secondary N) is 3. The third-order valence-corrected chi connectivity index (χ3v) is 7.01. The van der Waals surface area contributed by atoms with Crippen LogP contribution in [0, 0.1) is 5.82 Å². The Kier molecular flexibility index (Phi) is 6.55. The molecule has 1 aliphatic heterocycles. The van der Waals surface area contributed by atoms with Crippen LogP contribution in [0.25, 0.3) is 16.8 Å². The first-order chi connectivity index (χ1) is 16.5. The standard InChI is InChI=1S/C25H24FN5O2S/c26-21-10-5-15(19-3-1-2-4-20(19)21)14-28-16-6-8-17(9-7-16)29-24-27-12-11-18(30-24)13-22-23(32)31-25(33)34-22/h1-5,10-13,16-17,28H,6-9,14H2,(H,27,29,30)(H,31,32,33)/b22-13-/t16-,17-. The van der Waals surface area contributed by atoms with Crippen molar-refractivity contribution in [1.82, 2.24) is 20.6 Å². The van der Waals surface area contributed by atoms with Crippen LogP contribution in [0.3, 0.4) is 0 Å². The summed E-state index contributed by atoms with van der Waals surface area (Å²) in [5.41, 5.74) is 1.68. The number of hydrogen-bond donors (Lipinski definition) is 3. The van der Waals surface area contributed by atoms with Gasteiger partial charge in [0, 0.05) is 30.2 Å². The molecule has 3 aromatic rings. The van der Waals surface area contributed by atoms with E-state index in [0.29, 0.717) is 34.5 Å². The summed E-state index contributed by atoms with van der Waals surface area (Å²) in [4.78, 5) is 32.2. The summed E-state index contributed by atoms with van der Waals surface area (Å²) in [7, 11) is 0. The number of fused-ring (bicyclic) bond motifs is 1. The molecule has 2 amide bonds. The molecule has 2 aromatic carbocycles. The van der Waals surface area contributed by atoms with Gasteiger partial charge in [-0.25, -0.2) is 14.4 Å². The molecule has 0 unspecified atom stereocenters. The Balaban J connectivity index is 1.15. The van der Waals surface area contributed by atoms with Crippen LogP contribution >= 0.6 is 11.8 Å². The van der Waals surface area contributed by atoms with Crippen LogP contribution in [-0.4, -0.2) is 33.2 Å². The number of benzene rings is 2. The summed E-state index contributed by atoms with van der Waals surface area (Å²) in [6.07, 6.45) is 7.21. The highest BCUT2D eigenvalue weighted by Gasteiger charge is 2.25. The normalized spacial score (nSPS) is 21.7. The molecule has 0 spiro atoms. The highest BCUT2D eigenvalue weighted by molar-refractivity contribution is 8.18. The van der Waals surface area contributed by atoms with Crippen LogP contribution in [-0.2, 0) is 11.3 Å². The van der Waals surface area contributed by atoms with E-state index in [-0.39, 0.29) is 17.1 Å². The number of nitrogens with zero attached hydrogens (tertiary/aromatic N) is 2. The number of carbonyl (C=O) groups is 2. The minimum absolute atomic E-state index is 0.188. The maximum absolute atomic E-state index is 14.1. The zero-order valence-electron chi connectivity index (χ0n) is 18.4. The highest BCUT2D eigenvalue weighted by atomic mass is 32.2. The Morgan fingerprint density at radius 3 is 2.56 bits per heavy atom. The molecule has 7 nitrogen and oxygen atoms in total. The number of aromatic nitrogens is 2. The first-order valence-electron chi connectivity index (χ1n) is 11.3. The molecule has 2 fully saturated rings. The predicted octanol–water partition coefficient (Wildman–Crippen LogP) is 4.61. The van der Waals surface area contributed by atoms with Gasteiger partial charge in [0.2, 0.25) is 5.95 Å². The maximum atomic E-state index is 14.1. The number of thioether (sulfide) groups is 1.